The van der Waals surface area contributed by atoms with Crippen LogP contribution < -0.4 is 0 Å². The van der Waals surface area contributed by atoms with Gasteiger partial charge < -0.3 is 14.7 Å². The number of amides is 1. The standard InChI is InChI=1S/C16H26N4O3/c1-11(2)15(21)7-13-8-19(18-17-13)9-16(22)20-5-6-23-10-14(20)12-3-4-12/h8,11-12,14-15,21H,3-7,9-10H2,1-2H3. The topological polar surface area (TPSA) is 80.5 Å². The number of rotatable bonds is 6. The molecule has 1 N–H and O–H groups in total. The minimum atomic E-state index is -0.436. The Hall–Kier alpha value is -1.47. The van der Waals surface area contributed by atoms with E-state index in [9.17, 15) is 9.90 Å². The summed E-state index contributed by atoms with van der Waals surface area (Å²) < 4.78 is 7.10. The van der Waals surface area contributed by atoms with Crippen molar-refractivity contribution < 1.29 is 14.6 Å². The molecule has 3 rings (SSSR count). The molecular weight excluding hydrogens is 296 g/mol. The number of hydrogen-bond acceptors (Lipinski definition) is 5. The number of ether oxygens (including phenoxy) is 1. The van der Waals surface area contributed by atoms with Crippen molar-refractivity contribution in [3.8, 4) is 0 Å². The summed E-state index contributed by atoms with van der Waals surface area (Å²) in [6.45, 7) is 6.06. The summed E-state index contributed by atoms with van der Waals surface area (Å²) in [7, 11) is 0. The van der Waals surface area contributed by atoms with Gasteiger partial charge in [0.05, 0.1) is 31.1 Å². The van der Waals surface area contributed by atoms with Crippen LogP contribution >= 0.6 is 0 Å². The molecule has 2 fully saturated rings. The monoisotopic (exact) mass is 322 g/mol. The quantitative estimate of drug-likeness (QED) is 0.824. The van der Waals surface area contributed by atoms with Gasteiger partial charge in [-0.25, -0.2) is 4.68 Å². The molecule has 1 amide bonds. The summed E-state index contributed by atoms with van der Waals surface area (Å²) in [6.07, 6.45) is 4.18. The van der Waals surface area contributed by atoms with Crippen LogP contribution in [0.25, 0.3) is 0 Å². The second-order valence-electron chi connectivity index (χ2n) is 6.99. The van der Waals surface area contributed by atoms with Gasteiger partial charge in [-0.3, -0.25) is 4.79 Å². The number of carbonyl (C=O) groups excluding carboxylic acids is 1. The molecule has 0 spiro atoms. The zero-order chi connectivity index (χ0) is 16.4. The molecule has 2 aliphatic rings. The van der Waals surface area contributed by atoms with Gasteiger partial charge in [-0.2, -0.15) is 0 Å². The van der Waals surface area contributed by atoms with Crippen LogP contribution in [-0.4, -0.2) is 62.8 Å². The number of nitrogens with zero attached hydrogens (tertiary/aromatic N) is 4. The molecule has 128 valence electrons. The number of hydrogen-bond donors (Lipinski definition) is 1. The molecule has 1 aliphatic heterocycles. The fourth-order valence-corrected chi connectivity index (χ4v) is 2.99. The molecule has 7 nitrogen and oxygen atoms in total. The predicted octanol–water partition coefficient (Wildman–Crippen LogP) is 0.475. The van der Waals surface area contributed by atoms with Crippen molar-refractivity contribution in [1.82, 2.24) is 19.9 Å². The molecule has 1 saturated carbocycles. The summed E-state index contributed by atoms with van der Waals surface area (Å²) in [5, 5.41) is 18.0. The SMILES string of the molecule is CC(C)C(O)Cc1cn(CC(=O)N2CCOCC2C2CC2)nn1. The van der Waals surface area contributed by atoms with Crippen molar-refractivity contribution in [1.29, 1.82) is 0 Å². The maximum atomic E-state index is 12.6. The second-order valence-corrected chi connectivity index (χ2v) is 6.99. The molecule has 1 saturated heterocycles. The summed E-state index contributed by atoms with van der Waals surface area (Å²) in [5.41, 5.74) is 0.722. The average molecular weight is 322 g/mol. The van der Waals surface area contributed by atoms with Crippen LogP contribution in [0.15, 0.2) is 6.20 Å². The van der Waals surface area contributed by atoms with Crippen molar-refractivity contribution >= 4 is 5.91 Å². The van der Waals surface area contributed by atoms with Gasteiger partial charge in [0.1, 0.15) is 6.54 Å². The molecule has 2 unspecified atom stereocenters. The van der Waals surface area contributed by atoms with Crippen molar-refractivity contribution in [2.75, 3.05) is 19.8 Å². The number of aliphatic hydroxyl groups excluding tert-OH is 1. The normalized spacial score (nSPS) is 23.3. The van der Waals surface area contributed by atoms with Crippen LogP contribution in [0.4, 0.5) is 0 Å². The molecule has 7 heteroatoms. The van der Waals surface area contributed by atoms with Crippen LogP contribution in [0.2, 0.25) is 0 Å². The summed E-state index contributed by atoms with van der Waals surface area (Å²) in [4.78, 5) is 14.5. The first-order valence-corrected chi connectivity index (χ1v) is 8.49. The van der Waals surface area contributed by atoms with Crippen LogP contribution in [-0.2, 0) is 22.5 Å². The number of aromatic nitrogens is 3. The highest BCUT2D eigenvalue weighted by Gasteiger charge is 2.39. The van der Waals surface area contributed by atoms with Crippen molar-refractivity contribution in [2.24, 2.45) is 11.8 Å². The summed E-state index contributed by atoms with van der Waals surface area (Å²) in [6, 6.07) is 0.224. The summed E-state index contributed by atoms with van der Waals surface area (Å²) in [5.74, 6) is 0.854. The van der Waals surface area contributed by atoms with Gasteiger partial charge in [-0.15, -0.1) is 5.10 Å². The van der Waals surface area contributed by atoms with Gasteiger partial charge >= 0.3 is 0 Å². The highest BCUT2D eigenvalue weighted by atomic mass is 16.5. The van der Waals surface area contributed by atoms with E-state index in [0.717, 1.165) is 5.69 Å². The smallest absolute Gasteiger partial charge is 0.244 e. The lowest BCUT2D eigenvalue weighted by Gasteiger charge is -2.35. The first kappa shape index (κ1) is 16.4. The molecule has 1 aliphatic carbocycles. The van der Waals surface area contributed by atoms with Gasteiger partial charge in [0.2, 0.25) is 5.91 Å². The lowest BCUT2D eigenvalue weighted by molar-refractivity contribution is -0.141. The Morgan fingerprint density at radius 3 is 2.96 bits per heavy atom. The van der Waals surface area contributed by atoms with Crippen LogP contribution in [0.5, 0.6) is 0 Å². The molecule has 23 heavy (non-hydrogen) atoms. The van der Waals surface area contributed by atoms with Gasteiger partial charge in [-0.1, -0.05) is 19.1 Å². The van der Waals surface area contributed by atoms with E-state index in [0.29, 0.717) is 32.1 Å². The third kappa shape index (κ3) is 4.09. The van der Waals surface area contributed by atoms with E-state index in [1.165, 1.54) is 12.8 Å². The van der Waals surface area contributed by atoms with E-state index in [2.05, 4.69) is 10.3 Å². The van der Waals surface area contributed by atoms with Gasteiger partial charge in [-0.05, 0) is 24.7 Å². The second kappa shape index (κ2) is 6.97. The molecule has 1 aromatic rings. The third-order valence-corrected chi connectivity index (χ3v) is 4.72. The lowest BCUT2D eigenvalue weighted by Crippen LogP contribution is -2.50. The van der Waals surface area contributed by atoms with E-state index in [1.807, 2.05) is 18.7 Å². The lowest BCUT2D eigenvalue weighted by atomic mass is 10.0. The first-order chi connectivity index (χ1) is 11.0. The Balaban J connectivity index is 1.58. The molecule has 0 bridgehead atoms. The Morgan fingerprint density at radius 1 is 1.48 bits per heavy atom. The van der Waals surface area contributed by atoms with Crippen LogP contribution in [0.1, 0.15) is 32.4 Å². The number of aliphatic hydroxyl groups is 1. The molecule has 2 atom stereocenters. The van der Waals surface area contributed by atoms with E-state index in [4.69, 9.17) is 4.74 Å². The van der Waals surface area contributed by atoms with E-state index in [-0.39, 0.29) is 24.4 Å². The van der Waals surface area contributed by atoms with Crippen molar-refractivity contribution in [3.05, 3.63) is 11.9 Å². The predicted molar refractivity (Wildman–Crippen MR) is 83.6 cm³/mol. The maximum Gasteiger partial charge on any atom is 0.244 e. The largest absolute Gasteiger partial charge is 0.392 e. The highest BCUT2D eigenvalue weighted by Crippen LogP contribution is 2.36. The van der Waals surface area contributed by atoms with Gasteiger partial charge in [0.25, 0.3) is 0 Å². The zero-order valence-electron chi connectivity index (χ0n) is 13.9. The highest BCUT2D eigenvalue weighted by molar-refractivity contribution is 5.76. The molecule has 0 aromatic carbocycles. The van der Waals surface area contributed by atoms with Gasteiger partial charge in [0.15, 0.2) is 0 Å². The number of morpholine rings is 1. The van der Waals surface area contributed by atoms with E-state index < -0.39 is 6.10 Å². The van der Waals surface area contributed by atoms with Crippen molar-refractivity contribution in [3.63, 3.8) is 0 Å². The minimum absolute atomic E-state index is 0.0751. The Kier molecular flexibility index (Phi) is 4.96. The fourth-order valence-electron chi connectivity index (χ4n) is 2.99. The van der Waals surface area contributed by atoms with Crippen molar-refractivity contribution in [2.45, 2.75) is 51.8 Å². The Bertz CT molecular complexity index is 541. The zero-order valence-corrected chi connectivity index (χ0v) is 13.9. The summed E-state index contributed by atoms with van der Waals surface area (Å²) >= 11 is 0. The third-order valence-electron chi connectivity index (χ3n) is 4.72. The minimum Gasteiger partial charge on any atom is -0.392 e. The average Bonchev–Trinajstić information content (AvgIpc) is 3.29. The molecule has 1 aromatic heterocycles. The Labute approximate surface area is 136 Å². The fraction of sp³-hybridized carbons (Fsp3) is 0.812. The van der Waals surface area contributed by atoms with Crippen LogP contribution in [0, 0.1) is 11.8 Å². The Morgan fingerprint density at radius 2 is 2.26 bits per heavy atom. The van der Waals surface area contributed by atoms with Gasteiger partial charge in [0, 0.05) is 19.2 Å². The molecule has 2 heterocycles. The number of carbonyl (C=O) groups is 1. The maximum absolute atomic E-state index is 12.6. The first-order valence-electron chi connectivity index (χ1n) is 8.49. The van der Waals surface area contributed by atoms with E-state index >= 15 is 0 Å². The molecule has 0 radical (unpaired) electrons. The molecular formula is C16H26N4O3. The van der Waals surface area contributed by atoms with Crippen LogP contribution in [0.3, 0.4) is 0 Å². The van der Waals surface area contributed by atoms with E-state index in [1.54, 1.807) is 10.9 Å².